The number of benzene rings is 1. The van der Waals surface area contributed by atoms with Crippen molar-refractivity contribution in [3.63, 3.8) is 0 Å². The average Bonchev–Trinajstić information content (AvgIpc) is 3.28. The number of nitrogens with zero attached hydrogens (tertiary/aromatic N) is 4. The number of amides is 1. The highest BCUT2D eigenvalue weighted by molar-refractivity contribution is 6.39. The summed E-state index contributed by atoms with van der Waals surface area (Å²) in [4.78, 5) is 28.7. The van der Waals surface area contributed by atoms with Gasteiger partial charge in [-0.15, -0.1) is 0 Å². The molecule has 0 unspecified atom stereocenters. The molecule has 0 saturated carbocycles. The molecule has 1 atom stereocenters. The largest absolute Gasteiger partial charge is 0.387 e. The molecule has 2 aliphatic rings. The summed E-state index contributed by atoms with van der Waals surface area (Å²) >= 11 is 0. The number of hydrogen-bond acceptors (Lipinski definition) is 6. The predicted octanol–water partition coefficient (Wildman–Crippen LogP) is 1.96. The molecule has 4 rings (SSSR count). The van der Waals surface area contributed by atoms with Crippen molar-refractivity contribution < 1.29 is 14.0 Å². The summed E-state index contributed by atoms with van der Waals surface area (Å²) in [6, 6.07) is 6.61. The number of hydrogen-bond donors (Lipinski definition) is 1. The van der Waals surface area contributed by atoms with E-state index in [0.717, 1.165) is 24.2 Å². The number of aromatic nitrogens is 2. The van der Waals surface area contributed by atoms with E-state index in [4.69, 9.17) is 4.84 Å². The van der Waals surface area contributed by atoms with Gasteiger partial charge in [-0.25, -0.2) is 4.39 Å². The van der Waals surface area contributed by atoms with Crippen LogP contribution in [0.15, 0.2) is 41.8 Å². The van der Waals surface area contributed by atoms with Crippen LogP contribution in [0.2, 0.25) is 0 Å². The Labute approximate surface area is 162 Å². The zero-order chi connectivity index (χ0) is 19.6. The lowest BCUT2D eigenvalue weighted by Crippen LogP contribution is -2.36. The van der Waals surface area contributed by atoms with E-state index in [0.29, 0.717) is 37.5 Å². The van der Waals surface area contributed by atoms with Crippen LogP contribution in [0.25, 0.3) is 0 Å². The van der Waals surface area contributed by atoms with Crippen molar-refractivity contribution in [3.05, 3.63) is 59.4 Å². The quantitative estimate of drug-likeness (QED) is 0.854. The molecule has 2 aliphatic heterocycles. The molecule has 146 valence electrons. The first-order chi connectivity index (χ1) is 13.5. The molecule has 7 nitrogen and oxygen atoms in total. The zero-order valence-electron chi connectivity index (χ0n) is 15.7. The van der Waals surface area contributed by atoms with Crippen LogP contribution in [0.3, 0.4) is 0 Å². The molecular formula is C20H22FN5O2. The van der Waals surface area contributed by atoms with E-state index in [1.54, 1.807) is 24.5 Å². The summed E-state index contributed by atoms with van der Waals surface area (Å²) in [6.07, 6.45) is 4.56. The Morgan fingerprint density at radius 1 is 1.36 bits per heavy atom. The molecule has 8 heteroatoms. The maximum atomic E-state index is 13.4. The maximum Gasteiger partial charge on any atom is 0.269 e. The molecule has 0 aliphatic carbocycles. The number of aryl methyl sites for hydroxylation is 1. The van der Waals surface area contributed by atoms with Crippen LogP contribution in [-0.4, -0.2) is 45.2 Å². The standard InChI is InChI=1S/C20H22FN5O2/c1-14-9-23-17(10-22-14)11-24-19(27)18-8-20(28-25-18)5-6-26(13-20)12-15-3-2-4-16(21)7-15/h2-4,7,9-10H,5-6,8,11-13H2,1H3,(H,24,27)/t20-/m1/s1. The van der Waals surface area contributed by atoms with Crippen molar-refractivity contribution in [1.82, 2.24) is 20.2 Å². The SMILES string of the molecule is Cc1cnc(CNC(=O)C2=NO[C@]3(CCN(Cc4cccc(F)c4)C3)C2)cn1. The molecule has 0 bridgehead atoms. The number of nitrogens with one attached hydrogen (secondary N) is 1. The third kappa shape index (κ3) is 4.17. The predicted molar refractivity (Wildman–Crippen MR) is 101 cm³/mol. The van der Waals surface area contributed by atoms with Crippen molar-refractivity contribution in [2.45, 2.75) is 38.5 Å². The molecule has 2 aromatic rings. The van der Waals surface area contributed by atoms with Crippen LogP contribution >= 0.6 is 0 Å². The minimum absolute atomic E-state index is 0.232. The van der Waals surface area contributed by atoms with Gasteiger partial charge in [0.05, 0.1) is 24.1 Å². The first kappa shape index (κ1) is 18.5. The summed E-state index contributed by atoms with van der Waals surface area (Å²) in [5, 5.41) is 6.85. The lowest BCUT2D eigenvalue weighted by Gasteiger charge is -2.21. The molecule has 1 aromatic heterocycles. The van der Waals surface area contributed by atoms with Gasteiger partial charge in [0, 0.05) is 38.7 Å². The van der Waals surface area contributed by atoms with Gasteiger partial charge in [-0.1, -0.05) is 17.3 Å². The third-order valence-corrected chi connectivity index (χ3v) is 5.06. The van der Waals surface area contributed by atoms with Crippen LogP contribution < -0.4 is 5.32 Å². The molecule has 1 saturated heterocycles. The second kappa shape index (κ2) is 7.63. The van der Waals surface area contributed by atoms with Gasteiger partial charge in [0.2, 0.25) is 0 Å². The van der Waals surface area contributed by atoms with Crippen molar-refractivity contribution in [1.29, 1.82) is 0 Å². The van der Waals surface area contributed by atoms with E-state index in [1.165, 1.54) is 6.07 Å². The highest BCUT2D eigenvalue weighted by atomic mass is 19.1. The molecule has 28 heavy (non-hydrogen) atoms. The molecule has 1 N–H and O–H groups in total. The van der Waals surface area contributed by atoms with Gasteiger partial charge < -0.3 is 10.2 Å². The minimum Gasteiger partial charge on any atom is -0.387 e. The monoisotopic (exact) mass is 383 g/mol. The van der Waals surface area contributed by atoms with Gasteiger partial charge in [0.25, 0.3) is 5.91 Å². The van der Waals surface area contributed by atoms with Crippen molar-refractivity contribution in [2.24, 2.45) is 5.16 Å². The Morgan fingerprint density at radius 2 is 2.25 bits per heavy atom. The summed E-state index contributed by atoms with van der Waals surface area (Å²) in [5.74, 6) is -0.480. The number of carbonyl (C=O) groups is 1. The Hall–Kier alpha value is -2.87. The van der Waals surface area contributed by atoms with Gasteiger partial charge in [-0.05, 0) is 24.6 Å². The number of rotatable bonds is 5. The molecule has 1 spiro atoms. The van der Waals surface area contributed by atoms with E-state index in [9.17, 15) is 9.18 Å². The van der Waals surface area contributed by atoms with Crippen molar-refractivity contribution in [2.75, 3.05) is 13.1 Å². The van der Waals surface area contributed by atoms with E-state index >= 15 is 0 Å². The first-order valence-electron chi connectivity index (χ1n) is 9.29. The zero-order valence-corrected chi connectivity index (χ0v) is 15.7. The molecule has 1 fully saturated rings. The molecular weight excluding hydrogens is 361 g/mol. The topological polar surface area (TPSA) is 79.7 Å². The number of carbonyl (C=O) groups excluding carboxylic acids is 1. The lowest BCUT2D eigenvalue weighted by atomic mass is 9.96. The second-order valence-electron chi connectivity index (χ2n) is 7.41. The molecule has 0 radical (unpaired) electrons. The summed E-state index contributed by atoms with van der Waals surface area (Å²) in [5.41, 5.74) is 2.37. The highest BCUT2D eigenvalue weighted by Gasteiger charge is 2.46. The minimum atomic E-state index is -0.469. The maximum absolute atomic E-state index is 13.4. The Bertz CT molecular complexity index is 902. The fourth-order valence-electron chi connectivity index (χ4n) is 3.60. The van der Waals surface area contributed by atoms with Gasteiger partial charge >= 0.3 is 0 Å². The van der Waals surface area contributed by atoms with E-state index in [2.05, 4.69) is 25.3 Å². The van der Waals surface area contributed by atoms with Gasteiger partial charge in [0.1, 0.15) is 11.5 Å². The van der Waals surface area contributed by atoms with E-state index in [1.807, 2.05) is 13.0 Å². The number of likely N-dealkylation sites (tertiary alicyclic amines) is 1. The van der Waals surface area contributed by atoms with Crippen LogP contribution in [-0.2, 0) is 22.7 Å². The molecule has 1 aromatic carbocycles. The van der Waals surface area contributed by atoms with Crippen LogP contribution in [0.5, 0.6) is 0 Å². The average molecular weight is 383 g/mol. The highest BCUT2D eigenvalue weighted by Crippen LogP contribution is 2.34. The van der Waals surface area contributed by atoms with Crippen molar-refractivity contribution >= 4 is 11.6 Å². The normalized spacial score (nSPS) is 21.6. The van der Waals surface area contributed by atoms with Gasteiger partial charge in [-0.2, -0.15) is 0 Å². The lowest BCUT2D eigenvalue weighted by molar-refractivity contribution is -0.115. The van der Waals surface area contributed by atoms with Crippen LogP contribution in [0.1, 0.15) is 29.8 Å². The molecule has 3 heterocycles. The van der Waals surface area contributed by atoms with Crippen LogP contribution in [0, 0.1) is 12.7 Å². The smallest absolute Gasteiger partial charge is 0.269 e. The van der Waals surface area contributed by atoms with Crippen LogP contribution in [0.4, 0.5) is 4.39 Å². The summed E-state index contributed by atoms with van der Waals surface area (Å²) in [6.45, 7) is 4.28. The first-order valence-corrected chi connectivity index (χ1v) is 9.29. The second-order valence-corrected chi connectivity index (χ2v) is 7.41. The van der Waals surface area contributed by atoms with E-state index < -0.39 is 5.60 Å². The van der Waals surface area contributed by atoms with Gasteiger partial charge in [-0.3, -0.25) is 19.7 Å². The summed E-state index contributed by atoms with van der Waals surface area (Å²) < 4.78 is 13.4. The Morgan fingerprint density at radius 3 is 3.04 bits per heavy atom. The fourth-order valence-corrected chi connectivity index (χ4v) is 3.60. The summed E-state index contributed by atoms with van der Waals surface area (Å²) in [7, 11) is 0. The Kier molecular flexibility index (Phi) is 5.04. The van der Waals surface area contributed by atoms with Crippen molar-refractivity contribution in [3.8, 4) is 0 Å². The van der Waals surface area contributed by atoms with E-state index in [-0.39, 0.29) is 11.7 Å². The number of oxime groups is 1. The fraction of sp³-hybridized carbons (Fsp3) is 0.400. The Balaban J connectivity index is 1.29. The molecule has 1 amide bonds. The van der Waals surface area contributed by atoms with Gasteiger partial charge in [0.15, 0.2) is 5.60 Å². The third-order valence-electron chi connectivity index (χ3n) is 5.06. The number of halogens is 1.